The minimum Gasteiger partial charge on any atom is -1.00 e. The zero-order valence-electron chi connectivity index (χ0n) is 14.6. The first-order valence-corrected chi connectivity index (χ1v) is 8.15. The topological polar surface area (TPSA) is 42.6 Å². The molecule has 2 aromatic carbocycles. The Morgan fingerprint density at radius 2 is 1.76 bits per heavy atom. The van der Waals surface area contributed by atoms with Gasteiger partial charge in [0.15, 0.2) is 0 Å². The lowest BCUT2D eigenvalue weighted by molar-refractivity contribution is -0.656. The van der Waals surface area contributed by atoms with Crippen molar-refractivity contribution in [3.63, 3.8) is 0 Å². The third-order valence-electron chi connectivity index (χ3n) is 4.09. The van der Waals surface area contributed by atoms with Gasteiger partial charge in [-0.2, -0.15) is 4.57 Å². The number of nitrogens with zero attached hydrogens (tertiary/aromatic N) is 1. The molecule has 0 fully saturated rings. The molecule has 0 atom stereocenters. The van der Waals surface area contributed by atoms with E-state index in [1.807, 2.05) is 37.3 Å². The molecular formula is C20H22BrNO3. The highest BCUT2D eigenvalue weighted by atomic mass is 79.9. The number of halogens is 1. The van der Waals surface area contributed by atoms with Gasteiger partial charge in [-0.1, -0.05) is 18.2 Å². The molecule has 0 saturated heterocycles. The van der Waals surface area contributed by atoms with Crippen molar-refractivity contribution in [1.82, 2.24) is 0 Å². The lowest BCUT2D eigenvalue weighted by Crippen LogP contribution is -3.00. The maximum atomic E-state index is 10.5. The van der Waals surface area contributed by atoms with Crippen LogP contribution >= 0.6 is 0 Å². The summed E-state index contributed by atoms with van der Waals surface area (Å²) >= 11 is 0. The Hall–Kier alpha value is -2.27. The molecule has 25 heavy (non-hydrogen) atoms. The Bertz CT molecular complexity index is 866. The van der Waals surface area contributed by atoms with Crippen LogP contribution in [0.25, 0.3) is 22.2 Å². The first kappa shape index (κ1) is 19.1. The van der Waals surface area contributed by atoms with Crippen molar-refractivity contribution in [1.29, 1.82) is 0 Å². The van der Waals surface area contributed by atoms with E-state index in [4.69, 9.17) is 9.47 Å². The predicted octanol–water partition coefficient (Wildman–Crippen LogP) is 0.931. The number of hydrogen-bond acceptors (Lipinski definition) is 3. The van der Waals surface area contributed by atoms with Gasteiger partial charge in [-0.25, -0.2) is 0 Å². The first-order valence-electron chi connectivity index (χ1n) is 8.15. The highest BCUT2D eigenvalue weighted by Crippen LogP contribution is 2.37. The molecule has 0 aliphatic carbocycles. The minimum absolute atomic E-state index is 0. The number of benzene rings is 2. The summed E-state index contributed by atoms with van der Waals surface area (Å²) in [5.41, 5.74) is 3.03. The van der Waals surface area contributed by atoms with Crippen molar-refractivity contribution in [3.05, 3.63) is 48.5 Å². The normalized spacial score (nSPS) is 10.4. The van der Waals surface area contributed by atoms with Crippen LogP contribution in [0.5, 0.6) is 17.2 Å². The Balaban J connectivity index is 0.00000225. The number of hydrogen-bond donors (Lipinski definition) is 1. The molecule has 132 valence electrons. The summed E-state index contributed by atoms with van der Waals surface area (Å²) < 4.78 is 13.3. The van der Waals surface area contributed by atoms with Crippen LogP contribution in [0.4, 0.5) is 0 Å². The van der Waals surface area contributed by atoms with Crippen LogP contribution in [0, 0.1) is 0 Å². The van der Waals surface area contributed by atoms with Crippen LogP contribution in [0.1, 0.15) is 13.8 Å². The average Bonchev–Trinajstić information content (AvgIpc) is 2.61. The van der Waals surface area contributed by atoms with Crippen molar-refractivity contribution in [2.45, 2.75) is 20.4 Å². The van der Waals surface area contributed by atoms with Crippen LogP contribution in [-0.2, 0) is 6.54 Å². The lowest BCUT2D eigenvalue weighted by atomic mass is 10.1. The van der Waals surface area contributed by atoms with E-state index in [1.54, 1.807) is 13.2 Å². The second-order valence-corrected chi connectivity index (χ2v) is 5.48. The Morgan fingerprint density at radius 3 is 2.36 bits per heavy atom. The van der Waals surface area contributed by atoms with Gasteiger partial charge in [0.25, 0.3) is 0 Å². The van der Waals surface area contributed by atoms with E-state index in [-0.39, 0.29) is 22.7 Å². The summed E-state index contributed by atoms with van der Waals surface area (Å²) in [5.74, 6) is 1.46. The molecule has 0 spiro atoms. The van der Waals surface area contributed by atoms with Gasteiger partial charge in [0.05, 0.1) is 25.8 Å². The van der Waals surface area contributed by atoms with Gasteiger partial charge in [0.1, 0.15) is 29.2 Å². The monoisotopic (exact) mass is 403 g/mol. The zero-order valence-corrected chi connectivity index (χ0v) is 16.2. The number of pyridine rings is 1. The maximum absolute atomic E-state index is 10.5. The van der Waals surface area contributed by atoms with E-state index >= 15 is 0 Å². The molecule has 1 aromatic heterocycles. The van der Waals surface area contributed by atoms with Crippen molar-refractivity contribution < 1.29 is 36.1 Å². The summed E-state index contributed by atoms with van der Waals surface area (Å²) in [5, 5.41) is 11.2. The van der Waals surface area contributed by atoms with Gasteiger partial charge in [0, 0.05) is 11.6 Å². The van der Waals surface area contributed by atoms with Crippen LogP contribution < -0.4 is 31.0 Å². The average molecular weight is 404 g/mol. The quantitative estimate of drug-likeness (QED) is 0.644. The predicted molar refractivity (Wildman–Crippen MR) is 94.6 cm³/mol. The van der Waals surface area contributed by atoms with Gasteiger partial charge in [0.2, 0.25) is 11.2 Å². The molecule has 1 N–H and O–H groups in total. The van der Waals surface area contributed by atoms with Gasteiger partial charge in [-0.3, -0.25) is 0 Å². The number of ether oxygens (including phenoxy) is 2. The smallest absolute Gasteiger partial charge is 0.224 e. The minimum atomic E-state index is 0. The Labute approximate surface area is 158 Å². The Morgan fingerprint density at radius 1 is 1.04 bits per heavy atom. The molecule has 0 saturated carbocycles. The SMILES string of the molecule is CCOc1cc(-c2ccccc2)[n+](CC)c2cc(OC)cc(O)c12.[Br-]. The number of fused-ring (bicyclic) bond motifs is 1. The van der Waals surface area contributed by atoms with E-state index in [9.17, 15) is 5.11 Å². The molecule has 0 bridgehead atoms. The molecule has 5 heteroatoms. The fraction of sp³-hybridized carbons (Fsp3) is 0.250. The van der Waals surface area contributed by atoms with Crippen molar-refractivity contribution in [2.75, 3.05) is 13.7 Å². The van der Waals surface area contributed by atoms with E-state index in [1.165, 1.54) is 0 Å². The molecule has 0 unspecified atom stereocenters. The summed E-state index contributed by atoms with van der Waals surface area (Å²) in [7, 11) is 1.60. The Kier molecular flexibility index (Phi) is 6.26. The fourth-order valence-corrected chi connectivity index (χ4v) is 3.03. The van der Waals surface area contributed by atoms with Crippen LogP contribution in [-0.4, -0.2) is 18.8 Å². The number of methoxy groups -OCH3 is 1. The van der Waals surface area contributed by atoms with Gasteiger partial charge < -0.3 is 31.6 Å². The molecule has 1 heterocycles. The summed E-state index contributed by atoms with van der Waals surface area (Å²) in [6.07, 6.45) is 0. The molecular weight excluding hydrogens is 382 g/mol. The highest BCUT2D eigenvalue weighted by molar-refractivity contribution is 5.91. The number of aromatic hydroxyl groups is 1. The van der Waals surface area contributed by atoms with E-state index in [0.717, 1.165) is 23.3 Å². The molecule has 3 aromatic rings. The van der Waals surface area contributed by atoms with Gasteiger partial charge >= 0.3 is 0 Å². The molecule has 0 radical (unpaired) electrons. The molecule has 3 rings (SSSR count). The number of phenols is 1. The third kappa shape index (κ3) is 3.56. The number of aromatic nitrogens is 1. The van der Waals surface area contributed by atoms with Crippen LogP contribution in [0.2, 0.25) is 0 Å². The molecule has 0 amide bonds. The molecule has 4 nitrogen and oxygen atoms in total. The molecule has 0 aliphatic heterocycles. The number of rotatable bonds is 5. The maximum Gasteiger partial charge on any atom is 0.224 e. The van der Waals surface area contributed by atoms with Crippen molar-refractivity contribution in [2.24, 2.45) is 0 Å². The lowest BCUT2D eigenvalue weighted by Gasteiger charge is -2.13. The number of phenolic OH excluding ortho intramolecular Hbond substituents is 1. The second kappa shape index (κ2) is 8.21. The summed E-state index contributed by atoms with van der Waals surface area (Å²) in [6.45, 7) is 5.32. The third-order valence-corrected chi connectivity index (χ3v) is 4.09. The zero-order chi connectivity index (χ0) is 17.1. The fourth-order valence-electron chi connectivity index (χ4n) is 3.03. The van der Waals surface area contributed by atoms with E-state index < -0.39 is 0 Å². The standard InChI is InChI=1S/C20H21NO3.BrH/c1-4-21-16(14-9-7-6-8-10-14)13-19(24-5-2)20-17(21)11-15(23-3)12-18(20)22;/h6-13H,4-5H2,1-3H3;1H. The number of aryl methyl sites for hydroxylation is 1. The van der Waals surface area contributed by atoms with Crippen molar-refractivity contribution in [3.8, 4) is 28.5 Å². The molecule has 0 aliphatic rings. The van der Waals surface area contributed by atoms with Gasteiger partial charge in [-0.15, -0.1) is 0 Å². The largest absolute Gasteiger partial charge is 1.00 e. The van der Waals surface area contributed by atoms with E-state index in [2.05, 4.69) is 23.6 Å². The van der Waals surface area contributed by atoms with Crippen LogP contribution in [0.15, 0.2) is 48.5 Å². The van der Waals surface area contributed by atoms with E-state index in [0.29, 0.717) is 23.5 Å². The summed E-state index contributed by atoms with van der Waals surface area (Å²) in [6, 6.07) is 15.7. The second-order valence-electron chi connectivity index (χ2n) is 5.48. The van der Waals surface area contributed by atoms with Gasteiger partial charge in [-0.05, 0) is 26.0 Å². The van der Waals surface area contributed by atoms with Crippen molar-refractivity contribution >= 4 is 10.9 Å². The highest BCUT2D eigenvalue weighted by Gasteiger charge is 2.24. The van der Waals surface area contributed by atoms with Crippen LogP contribution in [0.3, 0.4) is 0 Å². The first-order chi connectivity index (χ1) is 11.7. The summed E-state index contributed by atoms with van der Waals surface area (Å²) in [4.78, 5) is 0.